The van der Waals surface area contributed by atoms with E-state index in [1.54, 1.807) is 18.2 Å². The molecule has 26 heavy (non-hydrogen) atoms. The van der Waals surface area contributed by atoms with Gasteiger partial charge in [-0.3, -0.25) is 0 Å². The minimum atomic E-state index is -0.189. The molecule has 4 rings (SSSR count). The molecule has 1 aliphatic rings. The predicted molar refractivity (Wildman–Crippen MR) is 104 cm³/mol. The van der Waals surface area contributed by atoms with Gasteiger partial charge in [0.25, 0.3) is 0 Å². The van der Waals surface area contributed by atoms with E-state index in [0.717, 1.165) is 43.4 Å². The first-order valence-corrected chi connectivity index (χ1v) is 9.64. The molecule has 0 N–H and O–H groups in total. The Morgan fingerprint density at radius 1 is 1.12 bits per heavy atom. The molecule has 1 aromatic heterocycles. The largest absolute Gasteiger partial charge is 0.236 e. The highest BCUT2D eigenvalue weighted by molar-refractivity contribution is 6.35. The van der Waals surface area contributed by atoms with Gasteiger partial charge in [0.05, 0.1) is 22.6 Å². The number of rotatable bonds is 3. The zero-order chi connectivity index (χ0) is 18.1. The molecule has 0 saturated carbocycles. The van der Waals surface area contributed by atoms with E-state index < -0.39 is 0 Å². The lowest BCUT2D eigenvalue weighted by Crippen LogP contribution is -2.11. The van der Waals surface area contributed by atoms with Crippen molar-refractivity contribution in [1.29, 1.82) is 0 Å². The molecule has 0 amide bonds. The molecule has 2 aromatic carbocycles. The Bertz CT molecular complexity index is 936. The van der Waals surface area contributed by atoms with Crippen LogP contribution in [-0.4, -0.2) is 9.78 Å². The molecule has 0 aliphatic heterocycles. The number of fused-ring (bicyclic) bond motifs is 1. The molecule has 3 aromatic rings. The van der Waals surface area contributed by atoms with E-state index in [-0.39, 0.29) is 11.7 Å². The van der Waals surface area contributed by atoms with Crippen molar-refractivity contribution in [2.45, 2.75) is 38.0 Å². The Morgan fingerprint density at radius 3 is 2.81 bits per heavy atom. The molecule has 0 unspecified atom stereocenters. The van der Waals surface area contributed by atoms with E-state index in [2.05, 4.69) is 5.10 Å². The first-order valence-electron chi connectivity index (χ1n) is 8.88. The number of hydrogen-bond donors (Lipinski definition) is 0. The maximum atomic E-state index is 13.6. The Morgan fingerprint density at radius 2 is 2.00 bits per heavy atom. The smallest absolute Gasteiger partial charge is 0.123 e. The Labute approximate surface area is 162 Å². The topological polar surface area (TPSA) is 17.8 Å². The molecule has 1 atom stereocenters. The SMILES string of the molecule is Fc1cccc(C[C@H]2CCCCc3cnn(-c4ccc(Cl)cc4Cl)c32)c1. The van der Waals surface area contributed by atoms with Crippen LogP contribution in [0.25, 0.3) is 5.69 Å². The van der Waals surface area contributed by atoms with Gasteiger partial charge in [-0.2, -0.15) is 5.10 Å². The van der Waals surface area contributed by atoms with Gasteiger partial charge in [-0.05, 0) is 67.1 Å². The third kappa shape index (κ3) is 3.51. The van der Waals surface area contributed by atoms with Crippen LogP contribution in [0.1, 0.15) is 42.0 Å². The first kappa shape index (κ1) is 17.6. The second-order valence-electron chi connectivity index (χ2n) is 6.84. The Kier molecular flexibility index (Phi) is 5.01. The zero-order valence-corrected chi connectivity index (χ0v) is 15.8. The average Bonchev–Trinajstić information content (AvgIpc) is 2.91. The standard InChI is InChI=1S/C21H19Cl2FN2/c22-17-8-9-20(19(23)12-17)26-21-15(5-1-2-6-16(21)13-25-26)10-14-4-3-7-18(24)11-14/h3-4,7-9,11-13,15H,1-2,5-6,10H2/t15-/m1/s1. The quantitative estimate of drug-likeness (QED) is 0.476. The maximum Gasteiger partial charge on any atom is 0.123 e. The molecule has 0 spiro atoms. The Balaban J connectivity index is 1.77. The highest BCUT2D eigenvalue weighted by Crippen LogP contribution is 2.36. The minimum absolute atomic E-state index is 0.189. The van der Waals surface area contributed by atoms with Crippen molar-refractivity contribution in [3.8, 4) is 5.69 Å². The fourth-order valence-electron chi connectivity index (χ4n) is 3.85. The summed E-state index contributed by atoms with van der Waals surface area (Å²) in [6.45, 7) is 0. The van der Waals surface area contributed by atoms with Gasteiger partial charge in [0.15, 0.2) is 0 Å². The predicted octanol–water partition coefficient (Wildman–Crippen LogP) is 6.37. The van der Waals surface area contributed by atoms with Crippen molar-refractivity contribution in [2.24, 2.45) is 0 Å². The summed E-state index contributed by atoms with van der Waals surface area (Å²) in [6, 6.07) is 12.3. The van der Waals surface area contributed by atoms with Crippen LogP contribution in [0.4, 0.5) is 4.39 Å². The van der Waals surface area contributed by atoms with Crippen LogP contribution in [0, 0.1) is 5.82 Å². The van der Waals surface area contributed by atoms with Crippen molar-refractivity contribution in [3.05, 3.63) is 81.3 Å². The highest BCUT2D eigenvalue weighted by atomic mass is 35.5. The maximum absolute atomic E-state index is 13.6. The van der Waals surface area contributed by atoms with Crippen molar-refractivity contribution >= 4 is 23.2 Å². The fraction of sp³-hybridized carbons (Fsp3) is 0.286. The summed E-state index contributed by atoms with van der Waals surface area (Å²) >= 11 is 12.5. The first-order chi connectivity index (χ1) is 12.6. The third-order valence-corrected chi connectivity index (χ3v) is 5.57. The molecule has 2 nitrogen and oxygen atoms in total. The summed E-state index contributed by atoms with van der Waals surface area (Å²) in [5.74, 6) is 0.0918. The van der Waals surface area contributed by atoms with Gasteiger partial charge < -0.3 is 0 Å². The lowest BCUT2D eigenvalue weighted by molar-refractivity contribution is 0.560. The number of hydrogen-bond acceptors (Lipinski definition) is 1. The summed E-state index contributed by atoms with van der Waals surface area (Å²) in [4.78, 5) is 0. The molecule has 1 aliphatic carbocycles. The lowest BCUT2D eigenvalue weighted by Gasteiger charge is -2.19. The normalized spacial score (nSPS) is 17.0. The summed E-state index contributed by atoms with van der Waals surface area (Å²) in [7, 11) is 0. The fourth-order valence-corrected chi connectivity index (χ4v) is 4.34. The van der Waals surface area contributed by atoms with E-state index in [0.29, 0.717) is 10.0 Å². The summed E-state index contributed by atoms with van der Waals surface area (Å²) in [6.07, 6.45) is 7.11. The molecule has 134 valence electrons. The van der Waals surface area contributed by atoms with E-state index in [9.17, 15) is 4.39 Å². The molecule has 0 fully saturated rings. The lowest BCUT2D eigenvalue weighted by atomic mass is 9.91. The van der Waals surface area contributed by atoms with Crippen molar-refractivity contribution in [3.63, 3.8) is 0 Å². The van der Waals surface area contributed by atoms with Gasteiger partial charge in [0.2, 0.25) is 0 Å². The number of nitrogens with zero attached hydrogens (tertiary/aromatic N) is 2. The molecule has 1 heterocycles. The number of aryl methyl sites for hydroxylation is 1. The molecule has 0 bridgehead atoms. The van der Waals surface area contributed by atoms with Gasteiger partial charge in [0.1, 0.15) is 5.82 Å². The minimum Gasteiger partial charge on any atom is -0.236 e. The van der Waals surface area contributed by atoms with Crippen LogP contribution in [0.15, 0.2) is 48.7 Å². The number of aromatic nitrogens is 2. The highest BCUT2D eigenvalue weighted by Gasteiger charge is 2.25. The third-order valence-electron chi connectivity index (χ3n) is 5.03. The van der Waals surface area contributed by atoms with Crippen molar-refractivity contribution < 1.29 is 4.39 Å². The van der Waals surface area contributed by atoms with Crippen LogP contribution >= 0.6 is 23.2 Å². The van der Waals surface area contributed by atoms with E-state index in [1.165, 1.54) is 17.3 Å². The van der Waals surface area contributed by atoms with Crippen LogP contribution < -0.4 is 0 Å². The summed E-state index contributed by atoms with van der Waals surface area (Å²) in [5.41, 5.74) is 4.30. The van der Waals surface area contributed by atoms with Crippen molar-refractivity contribution in [2.75, 3.05) is 0 Å². The average molecular weight is 389 g/mol. The van der Waals surface area contributed by atoms with Crippen LogP contribution in [0.5, 0.6) is 0 Å². The van der Waals surface area contributed by atoms with E-state index in [1.807, 2.05) is 29.1 Å². The molecular weight excluding hydrogens is 370 g/mol. The Hall–Kier alpha value is -1.84. The van der Waals surface area contributed by atoms with Gasteiger partial charge in [-0.1, -0.05) is 41.8 Å². The van der Waals surface area contributed by atoms with Crippen LogP contribution in [0.3, 0.4) is 0 Å². The van der Waals surface area contributed by atoms with Crippen molar-refractivity contribution in [1.82, 2.24) is 9.78 Å². The summed E-state index contributed by atoms with van der Waals surface area (Å²) in [5, 5.41) is 5.81. The zero-order valence-electron chi connectivity index (χ0n) is 14.3. The summed E-state index contributed by atoms with van der Waals surface area (Å²) < 4.78 is 15.6. The molecular formula is C21H19Cl2FN2. The molecule has 0 radical (unpaired) electrons. The number of halogens is 3. The second-order valence-corrected chi connectivity index (χ2v) is 7.68. The van der Waals surface area contributed by atoms with E-state index in [4.69, 9.17) is 23.2 Å². The van der Waals surface area contributed by atoms with Crippen LogP contribution in [-0.2, 0) is 12.8 Å². The second kappa shape index (κ2) is 7.42. The van der Waals surface area contributed by atoms with Gasteiger partial charge >= 0.3 is 0 Å². The van der Waals surface area contributed by atoms with Gasteiger partial charge in [0, 0.05) is 10.9 Å². The number of benzene rings is 2. The molecule has 5 heteroatoms. The van der Waals surface area contributed by atoms with Gasteiger partial charge in [-0.25, -0.2) is 9.07 Å². The van der Waals surface area contributed by atoms with Gasteiger partial charge in [-0.15, -0.1) is 0 Å². The molecule has 0 saturated heterocycles. The van der Waals surface area contributed by atoms with E-state index >= 15 is 0 Å². The van der Waals surface area contributed by atoms with Crippen LogP contribution in [0.2, 0.25) is 10.0 Å². The monoisotopic (exact) mass is 388 g/mol.